The molecule has 2 rings (SSSR count). The number of benzene rings is 1. The van der Waals surface area contributed by atoms with Crippen LogP contribution in [0.15, 0.2) is 30.9 Å². The molecule has 0 unspecified atom stereocenters. The smallest absolute Gasteiger partial charge is 0.276 e. The number of nitrogens with one attached hydrogen (secondary N) is 1. The topological polar surface area (TPSA) is 69.0 Å². The lowest BCUT2D eigenvalue weighted by molar-refractivity contribution is -0.119. The third kappa shape index (κ3) is 3.07. The minimum atomic E-state index is -0.268. The number of aryl methyl sites for hydroxylation is 2. The fourth-order valence-electron chi connectivity index (χ4n) is 1.44. The van der Waals surface area contributed by atoms with E-state index in [-0.39, 0.29) is 12.5 Å². The van der Waals surface area contributed by atoms with E-state index in [1.807, 2.05) is 32.0 Å². The van der Waals surface area contributed by atoms with Gasteiger partial charge in [0.25, 0.3) is 5.91 Å². The molecule has 0 spiro atoms. The molecule has 6 heteroatoms. The molecule has 0 aliphatic rings. The molecule has 0 radical (unpaired) electrons. The quantitative estimate of drug-likeness (QED) is 0.875. The Labute approximate surface area is 105 Å². The highest BCUT2D eigenvalue weighted by Gasteiger charge is 2.05. The van der Waals surface area contributed by atoms with Crippen LogP contribution in [-0.2, 0) is 4.79 Å². The second kappa shape index (κ2) is 5.31. The number of ether oxygens (including phenoxy) is 1. The summed E-state index contributed by atoms with van der Waals surface area (Å²) in [6.45, 7) is 3.86. The SMILES string of the molecule is Cc1ccc(C)c(OCC(=O)Nn2cnnc2)c1. The Morgan fingerprint density at radius 3 is 2.78 bits per heavy atom. The van der Waals surface area contributed by atoms with Gasteiger partial charge < -0.3 is 4.74 Å². The molecule has 0 atom stereocenters. The highest BCUT2D eigenvalue weighted by Crippen LogP contribution is 2.18. The lowest BCUT2D eigenvalue weighted by Crippen LogP contribution is -2.27. The molecule has 94 valence electrons. The summed E-state index contributed by atoms with van der Waals surface area (Å²) in [6, 6.07) is 5.86. The predicted molar refractivity (Wildman–Crippen MR) is 65.8 cm³/mol. The standard InChI is InChI=1S/C12H14N4O2/c1-9-3-4-10(2)11(5-9)18-6-12(17)15-16-7-13-14-8-16/h3-5,7-8H,6H2,1-2H3,(H,15,17). The Bertz CT molecular complexity index is 537. The molecule has 1 heterocycles. The molecule has 1 aromatic heterocycles. The monoisotopic (exact) mass is 246 g/mol. The summed E-state index contributed by atoms with van der Waals surface area (Å²) < 4.78 is 6.83. The van der Waals surface area contributed by atoms with E-state index < -0.39 is 0 Å². The Balaban J connectivity index is 1.91. The lowest BCUT2D eigenvalue weighted by Gasteiger charge is -2.10. The van der Waals surface area contributed by atoms with Crippen molar-refractivity contribution in [2.75, 3.05) is 12.0 Å². The van der Waals surface area contributed by atoms with Gasteiger partial charge in [0, 0.05) is 0 Å². The van der Waals surface area contributed by atoms with Gasteiger partial charge in [0.1, 0.15) is 18.4 Å². The molecule has 1 N–H and O–H groups in total. The molecule has 0 aliphatic heterocycles. The van der Waals surface area contributed by atoms with Crippen molar-refractivity contribution in [3.8, 4) is 5.75 Å². The van der Waals surface area contributed by atoms with Crippen molar-refractivity contribution in [1.29, 1.82) is 0 Å². The minimum absolute atomic E-state index is 0.0531. The Morgan fingerprint density at radius 2 is 2.06 bits per heavy atom. The molecule has 0 saturated heterocycles. The van der Waals surface area contributed by atoms with E-state index in [9.17, 15) is 4.79 Å². The summed E-state index contributed by atoms with van der Waals surface area (Å²) in [6.07, 6.45) is 2.80. The first-order chi connectivity index (χ1) is 8.65. The predicted octanol–water partition coefficient (Wildman–Crippen LogP) is 1.04. The van der Waals surface area contributed by atoms with E-state index in [2.05, 4.69) is 15.6 Å². The van der Waals surface area contributed by atoms with Crippen LogP contribution in [0, 0.1) is 13.8 Å². The molecule has 0 saturated carbocycles. The van der Waals surface area contributed by atoms with Gasteiger partial charge in [0.05, 0.1) is 0 Å². The fourth-order valence-corrected chi connectivity index (χ4v) is 1.44. The Kier molecular flexibility index (Phi) is 3.57. The first-order valence-electron chi connectivity index (χ1n) is 5.49. The van der Waals surface area contributed by atoms with Crippen LogP contribution >= 0.6 is 0 Å². The lowest BCUT2D eigenvalue weighted by atomic mass is 10.1. The van der Waals surface area contributed by atoms with Crippen molar-refractivity contribution in [2.45, 2.75) is 13.8 Å². The number of rotatable bonds is 4. The van der Waals surface area contributed by atoms with E-state index in [4.69, 9.17) is 4.74 Å². The molecule has 1 amide bonds. The molecule has 0 bridgehead atoms. The van der Waals surface area contributed by atoms with Gasteiger partial charge in [-0.05, 0) is 31.0 Å². The summed E-state index contributed by atoms with van der Waals surface area (Å²) in [5.74, 6) is 0.449. The maximum Gasteiger partial charge on any atom is 0.276 e. The van der Waals surface area contributed by atoms with Gasteiger partial charge >= 0.3 is 0 Å². The number of carbonyl (C=O) groups is 1. The highest BCUT2D eigenvalue weighted by atomic mass is 16.5. The molecule has 18 heavy (non-hydrogen) atoms. The van der Waals surface area contributed by atoms with Gasteiger partial charge in [-0.3, -0.25) is 10.2 Å². The molecule has 1 aromatic carbocycles. The molecular formula is C12H14N4O2. The van der Waals surface area contributed by atoms with Crippen LogP contribution in [0.5, 0.6) is 5.75 Å². The Morgan fingerprint density at radius 1 is 1.33 bits per heavy atom. The van der Waals surface area contributed by atoms with E-state index in [1.165, 1.54) is 17.3 Å². The summed E-state index contributed by atoms with van der Waals surface area (Å²) in [5.41, 5.74) is 4.64. The fraction of sp³-hybridized carbons (Fsp3) is 0.250. The zero-order valence-electron chi connectivity index (χ0n) is 10.3. The third-order valence-corrected chi connectivity index (χ3v) is 2.37. The van der Waals surface area contributed by atoms with Crippen molar-refractivity contribution in [2.24, 2.45) is 0 Å². The number of nitrogens with zero attached hydrogens (tertiary/aromatic N) is 3. The number of hydrogen-bond acceptors (Lipinski definition) is 4. The van der Waals surface area contributed by atoms with Crippen molar-refractivity contribution < 1.29 is 9.53 Å². The highest BCUT2D eigenvalue weighted by molar-refractivity contribution is 5.85. The summed E-state index contributed by atoms with van der Waals surface area (Å²) >= 11 is 0. The molecule has 0 fully saturated rings. The zero-order chi connectivity index (χ0) is 13.0. The first kappa shape index (κ1) is 12.1. The number of carbonyl (C=O) groups excluding carboxylic acids is 1. The van der Waals surface area contributed by atoms with Crippen LogP contribution in [0.2, 0.25) is 0 Å². The minimum Gasteiger partial charge on any atom is -0.483 e. The number of amides is 1. The van der Waals surface area contributed by atoms with Crippen LogP contribution in [0.3, 0.4) is 0 Å². The second-order valence-corrected chi connectivity index (χ2v) is 3.96. The summed E-state index contributed by atoms with van der Waals surface area (Å²) in [5, 5.41) is 7.15. The number of hydrogen-bond donors (Lipinski definition) is 1. The van der Waals surface area contributed by atoms with Gasteiger partial charge in [-0.25, -0.2) is 4.68 Å². The molecule has 6 nitrogen and oxygen atoms in total. The van der Waals surface area contributed by atoms with E-state index in [0.29, 0.717) is 5.75 Å². The van der Waals surface area contributed by atoms with Gasteiger partial charge in [-0.15, -0.1) is 10.2 Å². The van der Waals surface area contributed by atoms with Gasteiger partial charge in [-0.1, -0.05) is 12.1 Å². The van der Waals surface area contributed by atoms with E-state index in [0.717, 1.165) is 11.1 Å². The molecular weight excluding hydrogens is 232 g/mol. The maximum atomic E-state index is 11.6. The molecule has 2 aromatic rings. The summed E-state index contributed by atoms with van der Waals surface area (Å²) in [7, 11) is 0. The zero-order valence-corrected chi connectivity index (χ0v) is 10.3. The first-order valence-corrected chi connectivity index (χ1v) is 5.49. The van der Waals surface area contributed by atoms with Crippen LogP contribution < -0.4 is 10.2 Å². The van der Waals surface area contributed by atoms with Crippen molar-refractivity contribution in [1.82, 2.24) is 14.9 Å². The van der Waals surface area contributed by atoms with Crippen molar-refractivity contribution >= 4 is 5.91 Å². The van der Waals surface area contributed by atoms with Gasteiger partial charge in [-0.2, -0.15) is 0 Å². The van der Waals surface area contributed by atoms with E-state index >= 15 is 0 Å². The average molecular weight is 246 g/mol. The maximum absolute atomic E-state index is 11.6. The third-order valence-electron chi connectivity index (χ3n) is 2.37. The van der Waals surface area contributed by atoms with Crippen molar-refractivity contribution in [3.63, 3.8) is 0 Å². The van der Waals surface area contributed by atoms with Gasteiger partial charge in [0.15, 0.2) is 6.61 Å². The summed E-state index contributed by atoms with van der Waals surface area (Å²) in [4.78, 5) is 11.6. The number of aromatic nitrogens is 3. The normalized spacial score (nSPS) is 10.1. The largest absolute Gasteiger partial charge is 0.483 e. The van der Waals surface area contributed by atoms with Crippen LogP contribution in [0.4, 0.5) is 0 Å². The Hall–Kier alpha value is -2.37. The van der Waals surface area contributed by atoms with Crippen LogP contribution in [-0.4, -0.2) is 27.4 Å². The van der Waals surface area contributed by atoms with Gasteiger partial charge in [0.2, 0.25) is 0 Å². The van der Waals surface area contributed by atoms with E-state index in [1.54, 1.807) is 0 Å². The second-order valence-electron chi connectivity index (χ2n) is 3.96. The van der Waals surface area contributed by atoms with Crippen LogP contribution in [0.1, 0.15) is 11.1 Å². The molecule has 0 aliphatic carbocycles. The average Bonchev–Trinajstić information content (AvgIpc) is 2.83. The van der Waals surface area contributed by atoms with Crippen molar-refractivity contribution in [3.05, 3.63) is 42.0 Å². The van der Waals surface area contributed by atoms with Crippen LogP contribution in [0.25, 0.3) is 0 Å².